The highest BCUT2D eigenvalue weighted by molar-refractivity contribution is 6.35. The molecule has 3 aromatic rings. The lowest BCUT2D eigenvalue weighted by Gasteiger charge is -2.05. The molecule has 0 spiro atoms. The van der Waals surface area contributed by atoms with Crippen molar-refractivity contribution in [1.29, 1.82) is 0 Å². The van der Waals surface area contributed by atoms with Gasteiger partial charge in [0.1, 0.15) is 11.5 Å². The first-order valence-electron chi connectivity index (χ1n) is 8.14. The molecule has 2 N–H and O–H groups in total. The molecule has 144 valence electrons. The van der Waals surface area contributed by atoms with Crippen molar-refractivity contribution in [2.24, 2.45) is 5.10 Å². The SMILES string of the molecule is COc1ccc(O)c(C=NNC(=O)c2ccn(Cc3ccc(Cl)cc3Cl)n2)c1. The summed E-state index contributed by atoms with van der Waals surface area (Å²) in [5.41, 5.74) is 3.79. The number of hydrogen-bond donors (Lipinski definition) is 2. The Balaban J connectivity index is 1.64. The molecule has 0 radical (unpaired) electrons. The van der Waals surface area contributed by atoms with Gasteiger partial charge in [0.15, 0.2) is 5.69 Å². The van der Waals surface area contributed by atoms with Crippen LogP contribution in [0.25, 0.3) is 0 Å². The predicted octanol–water partition coefficient (Wildman–Crippen LogP) is 3.72. The topological polar surface area (TPSA) is 88.7 Å². The van der Waals surface area contributed by atoms with Crippen LogP contribution in [0.15, 0.2) is 53.8 Å². The monoisotopic (exact) mass is 418 g/mol. The molecule has 2 aromatic carbocycles. The third-order valence-corrected chi connectivity index (χ3v) is 4.41. The number of aromatic hydroxyl groups is 1. The fourth-order valence-corrected chi connectivity index (χ4v) is 2.84. The van der Waals surface area contributed by atoms with E-state index in [4.69, 9.17) is 27.9 Å². The molecule has 9 heteroatoms. The maximum absolute atomic E-state index is 12.2. The molecule has 1 aromatic heterocycles. The lowest BCUT2D eigenvalue weighted by atomic mass is 10.2. The summed E-state index contributed by atoms with van der Waals surface area (Å²) in [6.45, 7) is 0.393. The van der Waals surface area contributed by atoms with Gasteiger partial charge in [-0.25, -0.2) is 5.43 Å². The van der Waals surface area contributed by atoms with E-state index in [0.29, 0.717) is 27.9 Å². The average molecular weight is 419 g/mol. The van der Waals surface area contributed by atoms with Gasteiger partial charge < -0.3 is 9.84 Å². The number of carbonyl (C=O) groups excluding carboxylic acids is 1. The molecule has 7 nitrogen and oxygen atoms in total. The quantitative estimate of drug-likeness (QED) is 0.471. The number of nitrogens with zero attached hydrogens (tertiary/aromatic N) is 3. The highest BCUT2D eigenvalue weighted by Crippen LogP contribution is 2.22. The number of ether oxygens (including phenoxy) is 1. The summed E-state index contributed by atoms with van der Waals surface area (Å²) >= 11 is 12.0. The number of carbonyl (C=O) groups is 1. The van der Waals surface area contributed by atoms with E-state index in [1.165, 1.54) is 19.4 Å². The van der Waals surface area contributed by atoms with Crippen LogP contribution in [0.5, 0.6) is 11.5 Å². The van der Waals surface area contributed by atoms with Crippen molar-refractivity contribution in [3.05, 3.63) is 75.5 Å². The molecule has 0 bridgehead atoms. The van der Waals surface area contributed by atoms with Crippen molar-refractivity contribution in [2.45, 2.75) is 6.54 Å². The fraction of sp³-hybridized carbons (Fsp3) is 0.105. The molecule has 0 aliphatic heterocycles. The summed E-state index contributed by atoms with van der Waals surface area (Å²) in [6, 6.07) is 11.4. The molecule has 1 amide bonds. The van der Waals surface area contributed by atoms with E-state index in [1.807, 2.05) is 0 Å². The summed E-state index contributed by atoms with van der Waals surface area (Å²) in [5, 5.41) is 18.9. The second kappa shape index (κ2) is 8.77. The van der Waals surface area contributed by atoms with Gasteiger partial charge in [-0.3, -0.25) is 9.48 Å². The number of rotatable bonds is 6. The largest absolute Gasteiger partial charge is 0.507 e. The van der Waals surface area contributed by atoms with Crippen molar-refractivity contribution in [1.82, 2.24) is 15.2 Å². The van der Waals surface area contributed by atoms with Crippen LogP contribution in [-0.2, 0) is 6.54 Å². The highest BCUT2D eigenvalue weighted by Gasteiger charge is 2.10. The molecule has 1 heterocycles. The normalized spacial score (nSPS) is 11.0. The van der Waals surface area contributed by atoms with Gasteiger partial charge in [0.2, 0.25) is 0 Å². The lowest BCUT2D eigenvalue weighted by Crippen LogP contribution is -2.18. The Hall–Kier alpha value is -3.03. The Bertz CT molecular complexity index is 1030. The van der Waals surface area contributed by atoms with Crippen LogP contribution in [-0.4, -0.2) is 34.1 Å². The Morgan fingerprint density at radius 1 is 1.29 bits per heavy atom. The van der Waals surface area contributed by atoms with Gasteiger partial charge >= 0.3 is 0 Å². The summed E-state index contributed by atoms with van der Waals surface area (Å²) < 4.78 is 6.67. The third kappa shape index (κ3) is 4.82. The zero-order valence-electron chi connectivity index (χ0n) is 14.8. The smallest absolute Gasteiger partial charge is 0.291 e. The predicted molar refractivity (Wildman–Crippen MR) is 108 cm³/mol. The van der Waals surface area contributed by atoms with Gasteiger partial charge in [0.25, 0.3) is 5.91 Å². The number of aromatic nitrogens is 2. The van der Waals surface area contributed by atoms with Gasteiger partial charge in [-0.1, -0.05) is 29.3 Å². The van der Waals surface area contributed by atoms with Gasteiger partial charge in [-0.05, 0) is 42.0 Å². The highest BCUT2D eigenvalue weighted by atomic mass is 35.5. The minimum Gasteiger partial charge on any atom is -0.507 e. The molecule has 0 aliphatic rings. The van der Waals surface area contributed by atoms with Crippen LogP contribution in [0.3, 0.4) is 0 Å². The molecule has 0 saturated heterocycles. The number of hydrogen-bond acceptors (Lipinski definition) is 5. The van der Waals surface area contributed by atoms with Crippen molar-refractivity contribution in [3.8, 4) is 11.5 Å². The van der Waals surface area contributed by atoms with E-state index in [2.05, 4.69) is 15.6 Å². The van der Waals surface area contributed by atoms with E-state index in [1.54, 1.807) is 47.3 Å². The zero-order chi connectivity index (χ0) is 20.1. The Kier molecular flexibility index (Phi) is 6.18. The zero-order valence-corrected chi connectivity index (χ0v) is 16.3. The van der Waals surface area contributed by atoms with E-state index < -0.39 is 5.91 Å². The minimum absolute atomic E-state index is 0.0166. The van der Waals surface area contributed by atoms with Crippen molar-refractivity contribution >= 4 is 35.3 Å². The number of benzene rings is 2. The molecule has 0 aliphatic carbocycles. The Morgan fingerprint density at radius 2 is 2.11 bits per heavy atom. The Labute approximate surface area is 171 Å². The first kappa shape index (κ1) is 19.7. The number of phenolic OH excluding ortho intramolecular Hbond substituents is 1. The number of methoxy groups -OCH3 is 1. The molecule has 3 rings (SSSR count). The summed E-state index contributed by atoms with van der Waals surface area (Å²) in [6.07, 6.45) is 2.98. The molecule has 0 atom stereocenters. The van der Waals surface area contributed by atoms with Gasteiger partial charge in [0, 0.05) is 21.8 Å². The lowest BCUT2D eigenvalue weighted by molar-refractivity contribution is 0.0949. The second-order valence-electron chi connectivity index (χ2n) is 5.76. The number of halogens is 2. The summed E-state index contributed by atoms with van der Waals surface area (Å²) in [7, 11) is 1.52. The Morgan fingerprint density at radius 3 is 2.86 bits per heavy atom. The van der Waals surface area contributed by atoms with Gasteiger partial charge in [-0.2, -0.15) is 10.2 Å². The van der Waals surface area contributed by atoms with Crippen LogP contribution >= 0.6 is 23.2 Å². The van der Waals surface area contributed by atoms with Crippen molar-refractivity contribution < 1.29 is 14.6 Å². The first-order chi connectivity index (χ1) is 13.5. The van der Waals surface area contributed by atoms with Crippen LogP contribution in [0.1, 0.15) is 21.6 Å². The molecule has 28 heavy (non-hydrogen) atoms. The van der Waals surface area contributed by atoms with Gasteiger partial charge in [0.05, 0.1) is 19.9 Å². The third-order valence-electron chi connectivity index (χ3n) is 3.83. The van der Waals surface area contributed by atoms with E-state index in [-0.39, 0.29) is 11.4 Å². The van der Waals surface area contributed by atoms with E-state index in [0.717, 1.165) is 5.56 Å². The average Bonchev–Trinajstić information content (AvgIpc) is 3.14. The van der Waals surface area contributed by atoms with Crippen molar-refractivity contribution in [2.75, 3.05) is 7.11 Å². The maximum atomic E-state index is 12.2. The molecule has 0 unspecified atom stereocenters. The van der Waals surface area contributed by atoms with Crippen LogP contribution in [0, 0.1) is 0 Å². The van der Waals surface area contributed by atoms with Crippen molar-refractivity contribution in [3.63, 3.8) is 0 Å². The van der Waals surface area contributed by atoms with Crippen LogP contribution in [0.2, 0.25) is 10.0 Å². The summed E-state index contributed by atoms with van der Waals surface area (Å²) in [5.74, 6) is 0.0905. The molecular formula is C19H16Cl2N4O3. The number of nitrogens with one attached hydrogen (secondary N) is 1. The molecular weight excluding hydrogens is 403 g/mol. The number of phenols is 1. The van der Waals surface area contributed by atoms with Gasteiger partial charge in [-0.15, -0.1) is 0 Å². The number of amides is 1. The van der Waals surface area contributed by atoms with E-state index >= 15 is 0 Å². The standard InChI is InChI=1S/C19H16Cl2N4O3/c1-28-15-4-5-18(26)13(8-15)10-22-23-19(27)17-6-7-25(24-17)11-12-2-3-14(20)9-16(12)21/h2-10,26H,11H2,1H3,(H,23,27). The van der Waals surface area contributed by atoms with Crippen LogP contribution in [0.4, 0.5) is 0 Å². The maximum Gasteiger partial charge on any atom is 0.291 e. The molecule has 0 saturated carbocycles. The summed E-state index contributed by atoms with van der Waals surface area (Å²) in [4.78, 5) is 12.2. The number of hydrazone groups is 1. The minimum atomic E-state index is -0.486. The first-order valence-corrected chi connectivity index (χ1v) is 8.89. The van der Waals surface area contributed by atoms with E-state index in [9.17, 15) is 9.90 Å². The van der Waals surface area contributed by atoms with Crippen LogP contribution < -0.4 is 10.2 Å². The fourth-order valence-electron chi connectivity index (χ4n) is 2.38. The second-order valence-corrected chi connectivity index (χ2v) is 6.60. The molecule has 0 fully saturated rings.